The van der Waals surface area contributed by atoms with Crippen molar-refractivity contribution in [3.05, 3.63) is 24.3 Å². The van der Waals surface area contributed by atoms with E-state index in [0.717, 1.165) is 51.4 Å². The molecule has 0 aromatic heterocycles. The van der Waals surface area contributed by atoms with Gasteiger partial charge >= 0.3 is 7.82 Å². The third-order valence-corrected chi connectivity index (χ3v) is 8.90. The van der Waals surface area contributed by atoms with Gasteiger partial charge in [0.05, 0.1) is 39.9 Å². The number of unbranched alkanes of at least 4 members (excludes halogenated alkanes) is 17. The molecule has 0 aliphatic heterocycles. The molecule has 0 heterocycles. The van der Waals surface area contributed by atoms with Crippen molar-refractivity contribution in [1.82, 2.24) is 5.32 Å². The summed E-state index contributed by atoms with van der Waals surface area (Å²) in [6, 6.07) is -0.844. The summed E-state index contributed by atoms with van der Waals surface area (Å²) in [7, 11) is 1.56. The van der Waals surface area contributed by atoms with Crippen molar-refractivity contribution in [3.63, 3.8) is 0 Å². The van der Waals surface area contributed by atoms with Crippen molar-refractivity contribution in [3.8, 4) is 0 Å². The zero-order chi connectivity index (χ0) is 33.7. The van der Waals surface area contributed by atoms with E-state index >= 15 is 0 Å². The zero-order valence-electron chi connectivity index (χ0n) is 29.9. The molecule has 0 spiro atoms. The van der Waals surface area contributed by atoms with Crippen LogP contribution in [0.2, 0.25) is 0 Å². The average molecular weight is 660 g/mol. The lowest BCUT2D eigenvalue weighted by Gasteiger charge is -2.25. The van der Waals surface area contributed by atoms with Gasteiger partial charge in [0.1, 0.15) is 13.2 Å². The fourth-order valence-corrected chi connectivity index (χ4v) is 5.65. The second-order valence-electron chi connectivity index (χ2n) is 13.6. The van der Waals surface area contributed by atoms with E-state index in [4.69, 9.17) is 9.05 Å². The zero-order valence-corrected chi connectivity index (χ0v) is 30.8. The summed E-state index contributed by atoms with van der Waals surface area (Å²) in [5.74, 6) is -0.191. The molecule has 9 heteroatoms. The van der Waals surface area contributed by atoms with Gasteiger partial charge in [-0.05, 0) is 44.9 Å². The molecule has 3 atom stereocenters. The van der Waals surface area contributed by atoms with Gasteiger partial charge in [0.2, 0.25) is 5.91 Å². The number of carbonyl (C=O) groups is 1. The number of nitrogens with zero attached hydrogens (tertiary/aromatic N) is 1. The first-order chi connectivity index (χ1) is 21.5. The van der Waals surface area contributed by atoms with Gasteiger partial charge < -0.3 is 19.8 Å². The van der Waals surface area contributed by atoms with Crippen LogP contribution in [0.15, 0.2) is 24.3 Å². The second-order valence-corrected chi connectivity index (χ2v) is 15.0. The standard InChI is InChI=1S/C36H71N2O6P/c1-6-8-10-12-14-16-17-18-19-20-22-24-26-28-30-36(40)37-34(33-44-45(41,42)43-32-31-38(3,4)5)35(39)29-27-25-23-21-15-13-11-9-7-2/h17-18,27,29,34-35,39H,6-16,19-26,28,30-33H2,1-5H3,(H-,37,40,41,42)/p+1/b18-17-,29-27+. The number of hydrogen-bond acceptors (Lipinski definition) is 5. The van der Waals surface area contributed by atoms with Crippen LogP contribution in [0.3, 0.4) is 0 Å². The molecule has 0 rings (SSSR count). The van der Waals surface area contributed by atoms with E-state index < -0.39 is 20.0 Å². The topological polar surface area (TPSA) is 105 Å². The molecule has 0 saturated heterocycles. The summed E-state index contributed by atoms with van der Waals surface area (Å²) in [6.07, 6.45) is 31.0. The van der Waals surface area contributed by atoms with Gasteiger partial charge in [-0.15, -0.1) is 0 Å². The first-order valence-electron chi connectivity index (χ1n) is 18.2. The number of quaternary nitrogens is 1. The van der Waals surface area contributed by atoms with Gasteiger partial charge in [-0.25, -0.2) is 4.57 Å². The highest BCUT2D eigenvalue weighted by Gasteiger charge is 2.27. The van der Waals surface area contributed by atoms with Crippen LogP contribution in [0.1, 0.15) is 149 Å². The molecular formula is C36H72N2O6P+. The third kappa shape index (κ3) is 31.4. The lowest BCUT2D eigenvalue weighted by atomic mass is 10.1. The summed E-state index contributed by atoms with van der Waals surface area (Å²) in [6.45, 7) is 4.74. The van der Waals surface area contributed by atoms with Crippen molar-refractivity contribution in [2.45, 2.75) is 161 Å². The molecular weight excluding hydrogens is 587 g/mol. The van der Waals surface area contributed by atoms with Crippen molar-refractivity contribution in [2.24, 2.45) is 0 Å². The van der Waals surface area contributed by atoms with Crippen LogP contribution in [0.5, 0.6) is 0 Å². The quantitative estimate of drug-likeness (QED) is 0.0288. The average Bonchev–Trinajstić information content (AvgIpc) is 2.97. The molecule has 8 nitrogen and oxygen atoms in total. The number of allylic oxidation sites excluding steroid dienone is 3. The molecule has 45 heavy (non-hydrogen) atoms. The van der Waals surface area contributed by atoms with Crippen LogP contribution in [-0.4, -0.2) is 73.4 Å². The Kier molecular flexibility index (Phi) is 28.5. The van der Waals surface area contributed by atoms with Crippen molar-refractivity contribution in [2.75, 3.05) is 40.9 Å². The van der Waals surface area contributed by atoms with E-state index in [1.165, 1.54) is 77.0 Å². The largest absolute Gasteiger partial charge is 0.472 e. The van der Waals surface area contributed by atoms with Crippen LogP contribution >= 0.6 is 7.82 Å². The molecule has 1 amide bonds. The maximum Gasteiger partial charge on any atom is 0.472 e. The van der Waals surface area contributed by atoms with Crippen LogP contribution < -0.4 is 5.32 Å². The van der Waals surface area contributed by atoms with Gasteiger partial charge in [-0.3, -0.25) is 13.8 Å². The molecule has 0 fully saturated rings. The maximum absolute atomic E-state index is 12.7. The second kappa shape index (κ2) is 29.1. The van der Waals surface area contributed by atoms with E-state index in [0.29, 0.717) is 17.4 Å². The number of rotatable bonds is 32. The lowest BCUT2D eigenvalue weighted by molar-refractivity contribution is -0.870. The molecule has 0 aliphatic rings. The summed E-state index contributed by atoms with van der Waals surface area (Å²) in [5, 5.41) is 13.7. The predicted molar refractivity (Wildman–Crippen MR) is 189 cm³/mol. The highest BCUT2D eigenvalue weighted by molar-refractivity contribution is 7.47. The number of hydrogen-bond donors (Lipinski definition) is 3. The maximum atomic E-state index is 12.7. The van der Waals surface area contributed by atoms with Crippen molar-refractivity contribution < 1.29 is 32.9 Å². The molecule has 3 unspecified atom stereocenters. The number of phosphoric acid groups is 1. The summed E-state index contributed by atoms with van der Waals surface area (Å²) in [4.78, 5) is 22.9. The Labute approximate surface area is 277 Å². The van der Waals surface area contributed by atoms with Crippen LogP contribution in [0, 0.1) is 0 Å². The normalized spacial score (nSPS) is 15.1. The molecule has 0 radical (unpaired) electrons. The highest BCUT2D eigenvalue weighted by atomic mass is 31.2. The number of carbonyl (C=O) groups excluding carboxylic acids is 1. The van der Waals surface area contributed by atoms with E-state index in [-0.39, 0.29) is 19.1 Å². The summed E-state index contributed by atoms with van der Waals surface area (Å²) in [5.41, 5.74) is 0. The number of aliphatic hydroxyl groups excluding tert-OH is 1. The molecule has 0 aliphatic carbocycles. The fourth-order valence-electron chi connectivity index (χ4n) is 4.91. The van der Waals surface area contributed by atoms with Gasteiger partial charge in [0.25, 0.3) is 0 Å². The van der Waals surface area contributed by atoms with Gasteiger partial charge in [-0.2, -0.15) is 0 Å². The first kappa shape index (κ1) is 44.0. The van der Waals surface area contributed by atoms with Crippen molar-refractivity contribution >= 4 is 13.7 Å². The molecule has 3 N–H and O–H groups in total. The number of phosphoric ester groups is 1. The number of likely N-dealkylation sites (N-methyl/N-ethyl adjacent to an activating group) is 1. The monoisotopic (exact) mass is 660 g/mol. The molecule has 0 aromatic carbocycles. The summed E-state index contributed by atoms with van der Waals surface area (Å²) < 4.78 is 23.4. The van der Waals surface area contributed by atoms with Crippen LogP contribution in [0.4, 0.5) is 0 Å². The van der Waals surface area contributed by atoms with E-state index in [1.54, 1.807) is 6.08 Å². The van der Waals surface area contributed by atoms with Gasteiger partial charge in [-0.1, -0.05) is 122 Å². The highest BCUT2D eigenvalue weighted by Crippen LogP contribution is 2.43. The SMILES string of the molecule is CCCCCCC/C=C\CCCCCCCC(=O)NC(COP(=O)(O)OCC[N+](C)(C)C)C(O)/C=C/CCCCCCCCC. The Morgan fingerprint density at radius 1 is 0.733 bits per heavy atom. The number of aliphatic hydroxyl groups is 1. The fraction of sp³-hybridized carbons (Fsp3) is 0.861. The molecule has 0 bridgehead atoms. The smallest absolute Gasteiger partial charge is 0.387 e. The first-order valence-corrected chi connectivity index (χ1v) is 19.7. The van der Waals surface area contributed by atoms with Crippen LogP contribution in [0.25, 0.3) is 0 Å². The molecule has 0 saturated carbocycles. The Morgan fingerprint density at radius 3 is 1.71 bits per heavy atom. The van der Waals surface area contributed by atoms with E-state index in [1.807, 2.05) is 27.2 Å². The lowest BCUT2D eigenvalue weighted by Crippen LogP contribution is -2.45. The Bertz CT molecular complexity index is 799. The molecule has 0 aromatic rings. The predicted octanol–water partition coefficient (Wildman–Crippen LogP) is 9.02. The van der Waals surface area contributed by atoms with Crippen molar-refractivity contribution in [1.29, 1.82) is 0 Å². The third-order valence-electron chi connectivity index (χ3n) is 7.92. The molecule has 266 valence electrons. The Balaban J connectivity index is 4.54. The minimum Gasteiger partial charge on any atom is -0.387 e. The number of amides is 1. The summed E-state index contributed by atoms with van der Waals surface area (Å²) >= 11 is 0. The van der Waals surface area contributed by atoms with E-state index in [9.17, 15) is 19.4 Å². The van der Waals surface area contributed by atoms with Crippen LogP contribution in [-0.2, 0) is 18.4 Å². The minimum absolute atomic E-state index is 0.0601. The Hall–Kier alpha value is -1.02. The minimum atomic E-state index is -4.32. The van der Waals surface area contributed by atoms with E-state index in [2.05, 4.69) is 31.3 Å². The van der Waals surface area contributed by atoms with Gasteiger partial charge in [0, 0.05) is 6.42 Å². The Morgan fingerprint density at radius 2 is 1.20 bits per heavy atom. The number of nitrogens with one attached hydrogen (secondary N) is 1. The van der Waals surface area contributed by atoms with Gasteiger partial charge in [0.15, 0.2) is 0 Å².